The van der Waals surface area contributed by atoms with E-state index in [0.29, 0.717) is 12.9 Å². The summed E-state index contributed by atoms with van der Waals surface area (Å²) in [7, 11) is 0. The van der Waals surface area contributed by atoms with Gasteiger partial charge in [-0.3, -0.25) is 4.79 Å². The van der Waals surface area contributed by atoms with Crippen LogP contribution in [0.3, 0.4) is 0 Å². The van der Waals surface area contributed by atoms with Gasteiger partial charge >= 0.3 is 5.97 Å². The van der Waals surface area contributed by atoms with Gasteiger partial charge in [-0.05, 0) is 6.92 Å². The fraction of sp³-hybridized carbons (Fsp3) is 0.600. The molecule has 0 aromatic heterocycles. The molecule has 0 aromatic carbocycles. The number of rotatable bonds is 3. The number of hydrogen-bond acceptors (Lipinski definition) is 3. The van der Waals surface area contributed by atoms with E-state index in [0.717, 1.165) is 0 Å². The number of aldehydes is 1. The second kappa shape index (κ2) is 8.14. The molecule has 0 heterocycles. The van der Waals surface area contributed by atoms with E-state index in [1.165, 1.54) is 0 Å². The Kier molecular flexibility index (Phi) is 10.7. The third kappa shape index (κ3) is 8.14. The van der Waals surface area contributed by atoms with Crippen molar-refractivity contribution in [2.45, 2.75) is 13.3 Å². The molecule has 0 saturated heterocycles. The summed E-state index contributed by atoms with van der Waals surface area (Å²) in [5, 5.41) is 0. The standard InChI is InChI=1S/C5H8O3.Na.H2/c1-2-8-5(7)3-4-6;;/h4H,2-3H2,1H3;;1H. The molecule has 0 amide bonds. The van der Waals surface area contributed by atoms with Gasteiger partial charge in [0.1, 0.15) is 12.7 Å². The summed E-state index contributed by atoms with van der Waals surface area (Å²) < 4.78 is 4.41. The molecule has 0 bridgehead atoms. The fourth-order valence-corrected chi connectivity index (χ4v) is 0.288. The van der Waals surface area contributed by atoms with Crippen LogP contribution in [0.1, 0.15) is 14.8 Å². The summed E-state index contributed by atoms with van der Waals surface area (Å²) in [6, 6.07) is 0. The van der Waals surface area contributed by atoms with E-state index >= 15 is 0 Å². The van der Waals surface area contributed by atoms with Crippen molar-refractivity contribution in [3.05, 3.63) is 0 Å². The molecule has 0 aromatic rings. The predicted octanol–water partition coefficient (Wildman–Crippen LogP) is 0.00370. The topological polar surface area (TPSA) is 43.4 Å². The minimum absolute atomic E-state index is 0. The number of ether oxygens (including phenoxy) is 1. The van der Waals surface area contributed by atoms with Gasteiger partial charge in [-0.2, -0.15) is 0 Å². The van der Waals surface area contributed by atoms with Gasteiger partial charge in [-0.25, -0.2) is 0 Å². The van der Waals surface area contributed by atoms with Crippen LogP contribution in [-0.2, 0) is 14.3 Å². The van der Waals surface area contributed by atoms with E-state index in [4.69, 9.17) is 0 Å². The molecule has 0 rings (SSSR count). The molecule has 0 atom stereocenters. The molecule has 0 fully saturated rings. The van der Waals surface area contributed by atoms with Crippen LogP contribution in [0.15, 0.2) is 0 Å². The zero-order valence-electron chi connectivity index (χ0n) is 5.72. The molecule has 0 N–H and O–H groups in total. The Hall–Kier alpha value is 0.140. The van der Waals surface area contributed by atoms with Gasteiger partial charge in [0.25, 0.3) is 0 Å². The quantitative estimate of drug-likeness (QED) is 0.240. The molecule has 1 radical (unpaired) electrons. The van der Waals surface area contributed by atoms with Crippen molar-refractivity contribution < 1.29 is 15.8 Å². The molecule has 9 heavy (non-hydrogen) atoms. The molecular weight excluding hydrogens is 131 g/mol. The molecule has 4 heteroatoms. The van der Waals surface area contributed by atoms with Crippen molar-refractivity contribution in [3.63, 3.8) is 0 Å². The maximum absolute atomic E-state index is 10.2. The normalized spacial score (nSPS) is 7.22. The molecule has 0 unspecified atom stereocenters. The van der Waals surface area contributed by atoms with Crippen LogP contribution in [0.2, 0.25) is 0 Å². The third-order valence-electron chi connectivity index (χ3n) is 0.555. The number of carbonyl (C=O) groups is 2. The summed E-state index contributed by atoms with van der Waals surface area (Å²) in [6.45, 7) is 2.04. The van der Waals surface area contributed by atoms with E-state index in [1.54, 1.807) is 6.92 Å². The minimum Gasteiger partial charge on any atom is -0.466 e. The first-order valence-electron chi connectivity index (χ1n) is 2.40. The first kappa shape index (κ1) is 11.9. The number of esters is 1. The zero-order valence-corrected chi connectivity index (χ0v) is 7.72. The number of hydrogen-bond donors (Lipinski definition) is 0. The van der Waals surface area contributed by atoms with Crippen molar-refractivity contribution in [1.82, 2.24) is 0 Å². The summed E-state index contributed by atoms with van der Waals surface area (Å²) >= 11 is 0. The van der Waals surface area contributed by atoms with Gasteiger partial charge < -0.3 is 9.53 Å². The van der Waals surface area contributed by atoms with Crippen LogP contribution in [0, 0.1) is 0 Å². The second-order valence-corrected chi connectivity index (χ2v) is 1.18. The van der Waals surface area contributed by atoms with Crippen molar-refractivity contribution >= 4 is 41.8 Å². The Morgan fingerprint density at radius 1 is 1.78 bits per heavy atom. The first-order valence-corrected chi connectivity index (χ1v) is 2.40. The van der Waals surface area contributed by atoms with Gasteiger partial charge in [-0.15, -0.1) is 0 Å². The average molecular weight is 141 g/mol. The van der Waals surface area contributed by atoms with E-state index in [9.17, 15) is 9.59 Å². The van der Waals surface area contributed by atoms with Crippen molar-refractivity contribution in [3.8, 4) is 0 Å². The Labute approximate surface area is 77.5 Å². The van der Waals surface area contributed by atoms with Crippen LogP contribution in [-0.4, -0.2) is 48.4 Å². The van der Waals surface area contributed by atoms with Gasteiger partial charge in [0.2, 0.25) is 0 Å². The summed E-state index contributed by atoms with van der Waals surface area (Å²) in [5.41, 5.74) is 0. The zero-order chi connectivity index (χ0) is 6.41. The summed E-state index contributed by atoms with van der Waals surface area (Å²) in [6.07, 6.45) is 0.395. The maximum Gasteiger partial charge on any atom is 0.312 e. The molecule has 0 aliphatic carbocycles. The molecule has 3 nitrogen and oxygen atoms in total. The smallest absolute Gasteiger partial charge is 0.312 e. The average Bonchev–Trinajstić information content (AvgIpc) is 1.68. The third-order valence-corrected chi connectivity index (χ3v) is 0.555. The largest absolute Gasteiger partial charge is 0.466 e. The summed E-state index contributed by atoms with van der Waals surface area (Å²) in [4.78, 5) is 19.8. The van der Waals surface area contributed by atoms with Crippen LogP contribution in [0.25, 0.3) is 0 Å². The SMILES string of the molecule is CCOC(=O)CC=O.[HH].[Na]. The van der Waals surface area contributed by atoms with Crippen molar-refractivity contribution in [2.24, 2.45) is 0 Å². The predicted molar refractivity (Wildman–Crippen MR) is 35.2 cm³/mol. The van der Waals surface area contributed by atoms with Crippen molar-refractivity contribution in [2.75, 3.05) is 6.61 Å². The molecule has 0 spiro atoms. The van der Waals surface area contributed by atoms with Crippen LogP contribution < -0.4 is 0 Å². The van der Waals surface area contributed by atoms with Crippen molar-refractivity contribution in [1.29, 1.82) is 0 Å². The first-order chi connectivity index (χ1) is 3.81. The van der Waals surface area contributed by atoms with Crippen LogP contribution >= 0.6 is 0 Å². The summed E-state index contributed by atoms with van der Waals surface area (Å²) in [5.74, 6) is -0.456. The molecule has 0 saturated carbocycles. The van der Waals surface area contributed by atoms with Gasteiger partial charge in [-0.1, -0.05) is 0 Å². The van der Waals surface area contributed by atoms with E-state index in [2.05, 4.69) is 4.74 Å². The van der Waals surface area contributed by atoms with Crippen LogP contribution in [0.4, 0.5) is 0 Å². The van der Waals surface area contributed by atoms with E-state index < -0.39 is 5.97 Å². The molecule has 0 aliphatic rings. The molecule has 0 aliphatic heterocycles. The maximum atomic E-state index is 10.2. The fourth-order valence-electron chi connectivity index (χ4n) is 0.288. The minimum atomic E-state index is -0.456. The monoisotopic (exact) mass is 141 g/mol. The Morgan fingerprint density at radius 2 is 2.33 bits per heavy atom. The Bertz CT molecular complexity index is 96.9. The second-order valence-electron chi connectivity index (χ2n) is 1.18. The van der Waals surface area contributed by atoms with Gasteiger partial charge in [0.05, 0.1) is 6.61 Å². The van der Waals surface area contributed by atoms with E-state index in [1.807, 2.05) is 0 Å². The Balaban J connectivity index is -0.000000245. The molecular formula is C5H10NaO3. The van der Waals surface area contributed by atoms with Gasteiger partial charge in [0, 0.05) is 31.0 Å². The van der Waals surface area contributed by atoms with Gasteiger partial charge in [0.15, 0.2) is 0 Å². The van der Waals surface area contributed by atoms with Crippen LogP contribution in [0.5, 0.6) is 0 Å². The Morgan fingerprint density at radius 3 is 2.67 bits per heavy atom. The van der Waals surface area contributed by atoms with E-state index in [-0.39, 0.29) is 37.4 Å². The number of carbonyl (C=O) groups excluding carboxylic acids is 2. The molecule has 49 valence electrons.